The summed E-state index contributed by atoms with van der Waals surface area (Å²) in [7, 11) is 3.14. The van der Waals surface area contributed by atoms with E-state index in [4.69, 9.17) is 21.1 Å². The van der Waals surface area contributed by atoms with Crippen LogP contribution in [0, 0.1) is 11.6 Å². The monoisotopic (exact) mass is 428 g/mol. The highest BCUT2D eigenvalue weighted by Crippen LogP contribution is 2.37. The molecule has 0 bridgehead atoms. The lowest BCUT2D eigenvalue weighted by atomic mass is 10.2. The highest BCUT2D eigenvalue weighted by Gasteiger charge is 2.19. The molecule has 0 aliphatic rings. The van der Waals surface area contributed by atoms with Crippen LogP contribution in [0.4, 0.5) is 13.9 Å². The molecule has 0 radical (unpaired) electrons. The van der Waals surface area contributed by atoms with Gasteiger partial charge in [-0.25, -0.2) is 13.8 Å². The second-order valence-electron chi connectivity index (χ2n) is 5.29. The molecule has 4 nitrogen and oxygen atoms in total. The van der Waals surface area contributed by atoms with Crippen molar-refractivity contribution in [2.45, 2.75) is 11.4 Å². The smallest absolute Gasteiger partial charge is 0.195 e. The van der Waals surface area contributed by atoms with Gasteiger partial charge in [-0.05, 0) is 36.2 Å². The van der Waals surface area contributed by atoms with Crippen LogP contribution in [-0.4, -0.2) is 19.2 Å². The summed E-state index contributed by atoms with van der Waals surface area (Å²) in [6, 6.07) is 7.95. The minimum Gasteiger partial charge on any atom is -0.497 e. The number of benzene rings is 2. The normalized spacial score (nSPS) is 10.7. The van der Waals surface area contributed by atoms with Crippen molar-refractivity contribution in [3.05, 3.63) is 64.1 Å². The molecule has 9 heteroatoms. The SMILES string of the molecule is COc1ccc(CN(Sc2ccc(F)c(Cl)c2F)c2nccs2)c(OC)c1. The lowest BCUT2D eigenvalue weighted by molar-refractivity contribution is 0.391. The topological polar surface area (TPSA) is 34.6 Å². The Morgan fingerprint density at radius 3 is 2.67 bits per heavy atom. The van der Waals surface area contributed by atoms with Gasteiger partial charge in [0.15, 0.2) is 10.9 Å². The lowest BCUT2D eigenvalue weighted by Crippen LogP contribution is -2.15. The Balaban J connectivity index is 1.93. The van der Waals surface area contributed by atoms with Gasteiger partial charge in [-0.2, -0.15) is 0 Å². The van der Waals surface area contributed by atoms with Crippen LogP contribution in [0.15, 0.2) is 46.8 Å². The average Bonchev–Trinajstić information content (AvgIpc) is 3.22. The molecule has 0 aliphatic heterocycles. The molecule has 0 fully saturated rings. The molecule has 27 heavy (non-hydrogen) atoms. The zero-order valence-electron chi connectivity index (χ0n) is 14.4. The van der Waals surface area contributed by atoms with Crippen molar-refractivity contribution in [1.82, 2.24) is 4.98 Å². The summed E-state index contributed by atoms with van der Waals surface area (Å²) < 4.78 is 40.3. The third kappa shape index (κ3) is 4.45. The summed E-state index contributed by atoms with van der Waals surface area (Å²) in [6.07, 6.45) is 1.66. The molecule has 0 N–H and O–H groups in total. The molecule has 2 aromatic carbocycles. The molecular formula is C18H15ClF2N2O2S2. The quantitative estimate of drug-likeness (QED) is 0.350. The van der Waals surface area contributed by atoms with Gasteiger partial charge in [-0.15, -0.1) is 11.3 Å². The summed E-state index contributed by atoms with van der Waals surface area (Å²) in [4.78, 5) is 4.49. The van der Waals surface area contributed by atoms with Crippen molar-refractivity contribution in [1.29, 1.82) is 0 Å². The molecule has 0 amide bonds. The Bertz CT molecular complexity index is 926. The summed E-state index contributed by atoms with van der Waals surface area (Å²) in [6.45, 7) is 0.375. The fourth-order valence-corrected chi connectivity index (χ4v) is 4.20. The number of ether oxygens (including phenoxy) is 2. The highest BCUT2D eigenvalue weighted by molar-refractivity contribution is 8.00. The van der Waals surface area contributed by atoms with Gasteiger partial charge in [0.1, 0.15) is 22.3 Å². The van der Waals surface area contributed by atoms with Crippen LogP contribution in [0.2, 0.25) is 5.02 Å². The van der Waals surface area contributed by atoms with Crippen molar-refractivity contribution in [2.75, 3.05) is 18.5 Å². The van der Waals surface area contributed by atoms with Crippen LogP contribution in [0.3, 0.4) is 0 Å². The molecule has 0 spiro atoms. The number of nitrogens with zero attached hydrogens (tertiary/aromatic N) is 2. The predicted molar refractivity (Wildman–Crippen MR) is 105 cm³/mol. The summed E-state index contributed by atoms with van der Waals surface area (Å²) >= 11 is 8.19. The first-order chi connectivity index (χ1) is 13.0. The first-order valence-electron chi connectivity index (χ1n) is 7.73. The maximum Gasteiger partial charge on any atom is 0.195 e. The Morgan fingerprint density at radius 2 is 2.00 bits per heavy atom. The summed E-state index contributed by atoms with van der Waals surface area (Å²) in [5.74, 6) is -0.296. The van der Waals surface area contributed by atoms with E-state index in [1.807, 2.05) is 17.5 Å². The second-order valence-corrected chi connectivity index (χ2v) is 7.61. The molecule has 0 atom stereocenters. The molecule has 1 aromatic heterocycles. The number of rotatable bonds is 7. The van der Waals surface area contributed by atoms with Crippen molar-refractivity contribution in [3.8, 4) is 11.5 Å². The van der Waals surface area contributed by atoms with Gasteiger partial charge in [-0.3, -0.25) is 4.31 Å². The molecule has 0 aliphatic carbocycles. The van der Waals surface area contributed by atoms with Crippen molar-refractivity contribution in [3.63, 3.8) is 0 Å². The van der Waals surface area contributed by atoms with Crippen LogP contribution in [0.25, 0.3) is 0 Å². The minimum atomic E-state index is -0.801. The Morgan fingerprint density at radius 1 is 1.19 bits per heavy atom. The average molecular weight is 429 g/mol. The van der Waals surface area contributed by atoms with E-state index >= 15 is 0 Å². The highest BCUT2D eigenvalue weighted by atomic mass is 35.5. The number of methoxy groups -OCH3 is 2. The van der Waals surface area contributed by atoms with E-state index in [9.17, 15) is 8.78 Å². The molecule has 0 saturated heterocycles. The number of thiazole rings is 1. The molecule has 3 rings (SSSR count). The van der Waals surface area contributed by atoms with Crippen molar-refractivity contribution < 1.29 is 18.3 Å². The fourth-order valence-electron chi connectivity index (χ4n) is 2.31. The largest absolute Gasteiger partial charge is 0.497 e. The van der Waals surface area contributed by atoms with Crippen LogP contribution in [-0.2, 0) is 6.54 Å². The van der Waals surface area contributed by atoms with Gasteiger partial charge < -0.3 is 9.47 Å². The predicted octanol–water partition coefficient (Wildman–Crippen LogP) is 5.81. The maximum absolute atomic E-state index is 14.4. The van der Waals surface area contributed by atoms with Crippen LogP contribution >= 0.6 is 34.9 Å². The fraction of sp³-hybridized carbons (Fsp3) is 0.167. The molecule has 142 valence electrons. The van der Waals surface area contributed by atoms with Gasteiger partial charge in [-0.1, -0.05) is 11.6 Å². The number of anilines is 1. The third-order valence-electron chi connectivity index (χ3n) is 3.65. The van der Waals surface area contributed by atoms with E-state index < -0.39 is 16.7 Å². The number of hydrogen-bond acceptors (Lipinski definition) is 6. The minimum absolute atomic E-state index is 0.198. The van der Waals surface area contributed by atoms with Crippen LogP contribution in [0.1, 0.15) is 5.56 Å². The molecule has 0 unspecified atom stereocenters. The molecule has 1 heterocycles. The van der Waals surface area contributed by atoms with E-state index in [-0.39, 0.29) is 4.90 Å². The zero-order valence-corrected chi connectivity index (χ0v) is 16.8. The first-order valence-corrected chi connectivity index (χ1v) is 9.76. The second kappa shape index (κ2) is 8.77. The Kier molecular flexibility index (Phi) is 6.41. The Hall–Kier alpha value is -2.03. The lowest BCUT2D eigenvalue weighted by Gasteiger charge is -2.22. The number of aromatic nitrogens is 1. The van der Waals surface area contributed by atoms with Gasteiger partial charge in [0.25, 0.3) is 0 Å². The van der Waals surface area contributed by atoms with E-state index in [1.165, 1.54) is 17.4 Å². The zero-order chi connectivity index (χ0) is 19.4. The standard InChI is InChI=1S/C18H15ClF2N2O2S2/c1-24-12-4-3-11(14(9-12)25-2)10-23(18-22-7-8-26-18)27-15-6-5-13(20)16(19)17(15)21/h3-9H,10H2,1-2H3. The van der Waals surface area contributed by atoms with Crippen LogP contribution in [0.5, 0.6) is 11.5 Å². The van der Waals surface area contributed by atoms with Crippen molar-refractivity contribution >= 4 is 40.0 Å². The molecule has 0 saturated carbocycles. The number of halogens is 3. The summed E-state index contributed by atoms with van der Waals surface area (Å²) in [5.41, 5.74) is 0.856. The molecule has 3 aromatic rings. The summed E-state index contributed by atoms with van der Waals surface area (Å²) in [5, 5.41) is 1.96. The van der Waals surface area contributed by atoms with Crippen LogP contribution < -0.4 is 13.8 Å². The van der Waals surface area contributed by atoms with Gasteiger partial charge in [0.05, 0.1) is 25.7 Å². The maximum atomic E-state index is 14.4. The van der Waals surface area contributed by atoms with E-state index in [0.717, 1.165) is 23.6 Å². The number of hydrogen-bond donors (Lipinski definition) is 0. The van der Waals surface area contributed by atoms with E-state index in [2.05, 4.69) is 4.98 Å². The van der Waals surface area contributed by atoms with Crippen molar-refractivity contribution in [2.24, 2.45) is 0 Å². The third-order valence-corrected chi connectivity index (χ3v) is 5.94. The Labute approximate surface area is 168 Å². The van der Waals surface area contributed by atoms with Gasteiger partial charge in [0, 0.05) is 23.2 Å². The molecular weight excluding hydrogens is 414 g/mol. The van der Waals surface area contributed by atoms with E-state index in [1.54, 1.807) is 30.8 Å². The van der Waals surface area contributed by atoms with Gasteiger partial charge in [0.2, 0.25) is 0 Å². The van der Waals surface area contributed by atoms with E-state index in [0.29, 0.717) is 23.2 Å². The van der Waals surface area contributed by atoms with Gasteiger partial charge >= 0.3 is 0 Å². The first kappa shape index (κ1) is 19.7.